The van der Waals surface area contributed by atoms with Crippen LogP contribution in [0.2, 0.25) is 0 Å². The minimum atomic E-state index is -0.450. The van der Waals surface area contributed by atoms with E-state index < -0.39 is 4.92 Å². The van der Waals surface area contributed by atoms with E-state index >= 15 is 0 Å². The third-order valence-electron chi connectivity index (χ3n) is 15.6. The molecule has 15 rings (SSSR count). The maximum absolute atomic E-state index is 10.9. The van der Waals surface area contributed by atoms with Crippen molar-refractivity contribution in [2.75, 3.05) is 7.11 Å². The predicted molar refractivity (Wildman–Crippen MR) is 482 cm³/mol. The highest BCUT2D eigenvalue weighted by molar-refractivity contribution is 7.22. The summed E-state index contributed by atoms with van der Waals surface area (Å²) in [5.41, 5.74) is 70.3. The van der Waals surface area contributed by atoms with Crippen LogP contribution in [0.15, 0.2) is 328 Å². The molecular formula is C82H73N27O3S5. The van der Waals surface area contributed by atoms with Gasteiger partial charge in [0.2, 0.25) is 55.5 Å². The first-order chi connectivity index (χ1) is 56.6. The molecule has 0 saturated heterocycles. The van der Waals surface area contributed by atoms with Gasteiger partial charge in [-0.2, -0.15) is 49.9 Å². The molecule has 6 aromatic heterocycles. The van der Waals surface area contributed by atoms with Crippen molar-refractivity contribution in [2.24, 2.45) is 107 Å². The molecule has 0 fully saturated rings. The molecular weight excluding hydrogens is 1570 g/mol. The molecule has 0 amide bonds. The number of aromatic nitrogens is 6. The quantitative estimate of drug-likeness (QED) is 0.0197. The SMILES string of the molecule is C=C(C)c1cccc(C(N)=NC(N)=Nc2nc3ccccc3s2)c1.COc1ccc(C(N)=NC(N)=Nc2nc(-c3ccccc3)cs2)cc1.NC(=Nc1nc(-c2cccc([N+](=O)[O-])c2)cs1)N=C(N)c1ccccc1.NC(=Nc1nc2ccccc2s1)N=C(N)c1ccccc1.NC(=Nc1nc2ccccc2s1)N=C(N)c1cccnc1. The zero-order valence-electron chi connectivity index (χ0n) is 62.3. The van der Waals surface area contributed by atoms with Crippen LogP contribution in [0, 0.1) is 10.1 Å². The summed E-state index contributed by atoms with van der Waals surface area (Å²) in [5, 5.41) is 17.1. The number of non-ortho nitro benzene ring substituents is 1. The molecule has 0 atom stereocenters. The number of methoxy groups -OCH3 is 1. The van der Waals surface area contributed by atoms with Gasteiger partial charge < -0.3 is 62.1 Å². The van der Waals surface area contributed by atoms with Crippen LogP contribution in [0.4, 0.5) is 31.3 Å². The van der Waals surface area contributed by atoms with Gasteiger partial charge >= 0.3 is 0 Å². The van der Waals surface area contributed by atoms with Crippen LogP contribution in [-0.4, -0.2) is 101 Å². The first kappa shape index (κ1) is 82.7. The molecule has 0 unspecified atom stereocenters. The normalized spacial score (nSPS) is 12.5. The summed E-state index contributed by atoms with van der Waals surface area (Å²) in [4.78, 5) is 77.8. The van der Waals surface area contributed by atoms with E-state index in [9.17, 15) is 10.1 Å². The van der Waals surface area contributed by atoms with Gasteiger partial charge in [-0.1, -0.05) is 204 Å². The van der Waals surface area contributed by atoms with Crippen LogP contribution in [-0.2, 0) is 0 Å². The maximum Gasteiger partial charge on any atom is 0.270 e. The number of pyridine rings is 1. The zero-order valence-corrected chi connectivity index (χ0v) is 66.4. The lowest BCUT2D eigenvalue weighted by atomic mass is 10.1. The number of benzene rings is 9. The maximum atomic E-state index is 10.9. The molecule has 0 spiro atoms. The van der Waals surface area contributed by atoms with E-state index in [0.717, 1.165) is 81.0 Å². The van der Waals surface area contributed by atoms with Crippen LogP contribution in [0.25, 0.3) is 58.7 Å². The summed E-state index contributed by atoms with van der Waals surface area (Å²) < 4.78 is 8.27. The molecule has 0 aliphatic carbocycles. The lowest BCUT2D eigenvalue weighted by Gasteiger charge is -2.04. The first-order valence-electron chi connectivity index (χ1n) is 34.8. The highest BCUT2D eigenvalue weighted by Crippen LogP contribution is 2.33. The highest BCUT2D eigenvalue weighted by atomic mass is 32.1. The fraction of sp³-hybridized carbons (Fsp3) is 0.0244. The summed E-state index contributed by atoms with van der Waals surface area (Å²) >= 11 is 7.01. The second-order valence-electron chi connectivity index (χ2n) is 24.0. The van der Waals surface area contributed by atoms with E-state index in [2.05, 4.69) is 86.4 Å². The Labute approximate surface area is 689 Å². The molecule has 0 saturated carbocycles. The number of nitro groups is 1. The van der Waals surface area contributed by atoms with Gasteiger partial charge in [-0.25, -0.2) is 24.9 Å². The highest BCUT2D eigenvalue weighted by Gasteiger charge is 2.14. The number of thiazole rings is 5. The number of nitro benzene ring substituents is 1. The number of hydrogen-bond donors (Lipinski definition) is 10. The average molecular weight is 1650 g/mol. The largest absolute Gasteiger partial charge is 0.497 e. The van der Waals surface area contributed by atoms with Crippen molar-refractivity contribution in [3.05, 3.63) is 322 Å². The van der Waals surface area contributed by atoms with Crippen molar-refractivity contribution < 1.29 is 9.66 Å². The molecule has 35 heteroatoms. The number of guanidine groups is 5. The monoisotopic (exact) mass is 1640 g/mol. The second-order valence-corrected chi connectivity index (χ2v) is 28.7. The Kier molecular flexibility index (Phi) is 28.8. The molecule has 0 bridgehead atoms. The van der Waals surface area contributed by atoms with Crippen LogP contribution in [0.1, 0.15) is 40.3 Å². The van der Waals surface area contributed by atoms with Gasteiger partial charge in [0.05, 0.1) is 54.1 Å². The summed E-state index contributed by atoms with van der Waals surface area (Å²) in [6, 6.07) is 76.6. The zero-order chi connectivity index (χ0) is 82.6. The van der Waals surface area contributed by atoms with Gasteiger partial charge in [0.1, 0.15) is 34.9 Å². The number of aliphatic imine (C=N–C) groups is 10. The van der Waals surface area contributed by atoms with Gasteiger partial charge in [0.25, 0.3) is 5.69 Å². The van der Waals surface area contributed by atoms with E-state index in [0.29, 0.717) is 54.1 Å². The molecule has 0 radical (unpaired) electrons. The van der Waals surface area contributed by atoms with Gasteiger partial charge in [-0.15, -0.1) is 22.7 Å². The number of nitrogens with zero attached hydrogens (tertiary/aromatic N) is 17. The summed E-state index contributed by atoms with van der Waals surface area (Å²) in [5.74, 6) is 2.45. The Hall–Kier alpha value is -15.3. The van der Waals surface area contributed by atoms with E-state index in [1.54, 1.807) is 61.3 Å². The van der Waals surface area contributed by atoms with Crippen molar-refractivity contribution in [1.82, 2.24) is 29.9 Å². The fourth-order valence-electron chi connectivity index (χ4n) is 10.0. The van der Waals surface area contributed by atoms with E-state index in [4.69, 9.17) is 62.1 Å². The molecule has 15 aromatic rings. The molecule has 6 heterocycles. The van der Waals surface area contributed by atoms with E-state index in [1.165, 1.54) is 68.8 Å². The van der Waals surface area contributed by atoms with Crippen LogP contribution < -0.4 is 62.1 Å². The molecule has 9 aromatic carbocycles. The smallest absolute Gasteiger partial charge is 0.270 e. The van der Waals surface area contributed by atoms with Crippen LogP contribution >= 0.6 is 56.7 Å². The first-order valence-corrected chi connectivity index (χ1v) is 39.0. The molecule has 0 aliphatic heterocycles. The number of hydrogen-bond acceptors (Lipinski definition) is 19. The van der Waals surface area contributed by atoms with Crippen LogP contribution in [0.3, 0.4) is 0 Å². The van der Waals surface area contributed by atoms with E-state index in [-0.39, 0.29) is 53.0 Å². The van der Waals surface area contributed by atoms with Crippen molar-refractivity contribution in [3.8, 4) is 28.3 Å². The number of nitrogens with two attached hydrogens (primary N) is 10. The Morgan fingerprint density at radius 2 is 0.726 bits per heavy atom. The number of amidine groups is 5. The van der Waals surface area contributed by atoms with Gasteiger partial charge in [-0.05, 0) is 91.3 Å². The summed E-state index contributed by atoms with van der Waals surface area (Å²) in [6.45, 7) is 5.87. The average Bonchev–Trinajstić information content (AvgIpc) is 1.75. The number of ether oxygens (including phenoxy) is 1. The predicted octanol–water partition coefficient (Wildman–Crippen LogP) is 14.6. The lowest BCUT2D eigenvalue weighted by molar-refractivity contribution is -0.384. The minimum Gasteiger partial charge on any atom is -0.497 e. The number of para-hydroxylation sites is 3. The third-order valence-corrected chi connectivity index (χ3v) is 19.9. The Bertz CT molecular complexity index is 6030. The van der Waals surface area contributed by atoms with Crippen molar-refractivity contribution >= 4 is 183 Å². The Balaban J connectivity index is 0.000000144. The molecule has 584 valence electrons. The topological polar surface area (TPSA) is 514 Å². The Morgan fingerprint density at radius 3 is 1.14 bits per heavy atom. The molecule has 20 N–H and O–H groups in total. The number of rotatable bonds is 15. The van der Waals surface area contributed by atoms with Crippen LogP contribution in [0.5, 0.6) is 5.75 Å². The fourth-order valence-corrected chi connectivity index (χ4v) is 13.9. The molecule has 30 nitrogen and oxygen atoms in total. The second kappa shape index (κ2) is 40.8. The number of allylic oxidation sites excluding steroid dienone is 1. The lowest BCUT2D eigenvalue weighted by Crippen LogP contribution is -2.19. The number of fused-ring (bicyclic) bond motifs is 3. The van der Waals surface area contributed by atoms with Gasteiger partial charge in [-0.3, -0.25) is 15.1 Å². The molecule has 0 aliphatic rings. The van der Waals surface area contributed by atoms with Gasteiger partial charge in [0.15, 0.2) is 0 Å². The third kappa shape index (κ3) is 24.6. The minimum absolute atomic E-state index is 0.000278. The van der Waals surface area contributed by atoms with Crippen molar-refractivity contribution in [2.45, 2.75) is 6.92 Å². The van der Waals surface area contributed by atoms with Gasteiger partial charge in [0, 0.05) is 74.2 Å². The van der Waals surface area contributed by atoms with Crippen molar-refractivity contribution in [3.63, 3.8) is 0 Å². The van der Waals surface area contributed by atoms with E-state index in [1.807, 2.05) is 212 Å². The standard InChI is InChI=1S/C18H17N5OS.C18H17N5S.C17H14N6O2S.C15H13N5S.C14H12N6S/c1-24-14-9-7-13(8-10-14)16(19)22-17(20)23-18-21-15(11-25-18)12-5-3-2-4-6-12;1-11(2)12-6-5-7-13(10-12)16(19)22-17(20)23-18-21-14-8-3-4-9-15(14)24-18;18-15(11-5-2-1-3-6-11)21-16(19)22-17-20-14(10-26-17)12-7-4-8-13(9-12)23(24)25;16-13(10-6-2-1-3-7-10)19-14(17)20-15-18-11-8-4-5-9-12(11)21-15;15-12(9-4-3-7-17-8-9)19-13(16)20-14-18-10-5-1-2-6-11(10)21-14/h2-11H,1H3,(H4,19,20,21,22,23);3-10H,1H2,2H3,(H4,19,20,21,22,23);1-10H,(H4,18,19,20,21,22);1-9H,(H4,16,17,18,19,20);1-8H,(H4,15,16,18,19,20). The summed E-state index contributed by atoms with van der Waals surface area (Å²) in [6.07, 6.45) is 3.28. The summed E-state index contributed by atoms with van der Waals surface area (Å²) in [7, 11) is 1.61. The van der Waals surface area contributed by atoms with Crippen molar-refractivity contribution in [1.29, 1.82) is 0 Å². The Morgan fingerprint density at radius 1 is 0.376 bits per heavy atom. The molecule has 117 heavy (non-hydrogen) atoms.